The van der Waals surface area contributed by atoms with Crippen molar-refractivity contribution in [1.29, 1.82) is 0 Å². The van der Waals surface area contributed by atoms with Crippen LogP contribution in [0.5, 0.6) is 0 Å². The van der Waals surface area contributed by atoms with E-state index in [0.29, 0.717) is 6.54 Å². The second-order valence-corrected chi connectivity index (χ2v) is 3.28. The van der Waals surface area contributed by atoms with Gasteiger partial charge in [-0.05, 0) is 4.76 Å². The molecule has 1 saturated heterocycles. The van der Waals surface area contributed by atoms with Crippen LogP contribution in [0.2, 0.25) is 0 Å². The van der Waals surface area contributed by atoms with E-state index in [2.05, 4.69) is 13.8 Å². The average Bonchev–Trinajstić information content (AvgIpc) is 1.82. The predicted molar refractivity (Wildman–Crippen MR) is 31.8 cm³/mol. The first-order valence-electron chi connectivity index (χ1n) is 3.02. The molecule has 0 aromatic rings. The first-order chi connectivity index (χ1) is 3.60. The van der Waals surface area contributed by atoms with E-state index in [-0.39, 0.29) is 5.41 Å². The molecule has 2 nitrogen and oxygen atoms in total. The smallest absolute Gasteiger partial charge is 0.0534 e. The second-order valence-electron chi connectivity index (χ2n) is 3.28. The SMILES string of the molecule is CC1(C)CC[N+](=O)C1. The molecule has 0 unspecified atom stereocenters. The quantitative estimate of drug-likeness (QED) is 0.433. The monoisotopic (exact) mass is 114 g/mol. The van der Waals surface area contributed by atoms with Gasteiger partial charge in [-0.2, -0.15) is 0 Å². The molecule has 0 aromatic heterocycles. The van der Waals surface area contributed by atoms with Gasteiger partial charge >= 0.3 is 0 Å². The average molecular weight is 114 g/mol. The van der Waals surface area contributed by atoms with Crippen LogP contribution in [0.25, 0.3) is 0 Å². The molecule has 2 heteroatoms. The Kier molecular flexibility index (Phi) is 1.10. The van der Waals surface area contributed by atoms with Crippen LogP contribution in [0.3, 0.4) is 0 Å². The van der Waals surface area contributed by atoms with Crippen LogP contribution >= 0.6 is 0 Å². The summed E-state index contributed by atoms with van der Waals surface area (Å²) in [6.45, 7) is 5.70. The van der Waals surface area contributed by atoms with E-state index in [0.717, 1.165) is 17.7 Å². The van der Waals surface area contributed by atoms with E-state index in [1.165, 1.54) is 0 Å². The second kappa shape index (κ2) is 1.54. The minimum Gasteiger partial charge on any atom is -0.0534 e. The molecular formula is C6H12NO+. The highest BCUT2D eigenvalue weighted by Crippen LogP contribution is 2.25. The molecule has 46 valence electrons. The maximum absolute atomic E-state index is 10.6. The van der Waals surface area contributed by atoms with Crippen molar-refractivity contribution >= 4 is 0 Å². The predicted octanol–water partition coefficient (Wildman–Crippen LogP) is 1.20. The summed E-state index contributed by atoms with van der Waals surface area (Å²) in [4.78, 5) is 10.6. The molecule has 0 spiro atoms. The van der Waals surface area contributed by atoms with Crippen molar-refractivity contribution < 1.29 is 4.76 Å². The van der Waals surface area contributed by atoms with Gasteiger partial charge in [0.15, 0.2) is 13.1 Å². The Balaban J connectivity index is 2.56. The molecule has 0 bridgehead atoms. The molecule has 1 rings (SSSR count). The summed E-state index contributed by atoms with van der Waals surface area (Å²) in [5.41, 5.74) is 0.280. The molecule has 1 aliphatic heterocycles. The van der Waals surface area contributed by atoms with Crippen molar-refractivity contribution in [3.05, 3.63) is 4.91 Å². The lowest BCUT2D eigenvalue weighted by Gasteiger charge is -2.06. The van der Waals surface area contributed by atoms with Crippen LogP contribution in [0.4, 0.5) is 0 Å². The van der Waals surface area contributed by atoms with Crippen molar-refractivity contribution in [1.82, 2.24) is 0 Å². The van der Waals surface area contributed by atoms with Crippen LogP contribution in [0.15, 0.2) is 0 Å². The zero-order chi connectivity index (χ0) is 6.20. The van der Waals surface area contributed by atoms with E-state index in [9.17, 15) is 4.91 Å². The zero-order valence-electron chi connectivity index (χ0n) is 5.48. The molecule has 0 radical (unpaired) electrons. The Labute approximate surface area is 49.5 Å². The maximum Gasteiger partial charge on any atom is 0.197 e. The molecule has 0 N–H and O–H groups in total. The number of hydrogen-bond donors (Lipinski definition) is 0. The third-order valence-corrected chi connectivity index (χ3v) is 1.64. The van der Waals surface area contributed by atoms with E-state index >= 15 is 0 Å². The Bertz CT molecular complexity index is 118. The third kappa shape index (κ3) is 1.05. The van der Waals surface area contributed by atoms with E-state index in [1.807, 2.05) is 0 Å². The number of nitrogens with zero attached hydrogens (tertiary/aromatic N) is 1. The lowest BCUT2D eigenvalue weighted by atomic mass is 9.93. The Morgan fingerprint density at radius 1 is 1.50 bits per heavy atom. The number of rotatable bonds is 0. The molecule has 1 fully saturated rings. The lowest BCUT2D eigenvalue weighted by molar-refractivity contribution is -0.533. The van der Waals surface area contributed by atoms with Crippen molar-refractivity contribution in [3.8, 4) is 0 Å². The lowest BCUT2D eigenvalue weighted by Crippen LogP contribution is -2.12. The van der Waals surface area contributed by atoms with E-state index in [1.54, 1.807) is 0 Å². The van der Waals surface area contributed by atoms with Gasteiger partial charge in [0.25, 0.3) is 0 Å². The van der Waals surface area contributed by atoms with Crippen molar-refractivity contribution in [2.75, 3.05) is 13.1 Å². The summed E-state index contributed by atoms with van der Waals surface area (Å²) < 4.78 is 1.14. The molecule has 0 aliphatic carbocycles. The fourth-order valence-electron chi connectivity index (χ4n) is 1.06. The molecule has 0 amide bonds. The molecule has 1 heterocycles. The fourth-order valence-corrected chi connectivity index (χ4v) is 1.06. The van der Waals surface area contributed by atoms with Crippen LogP contribution in [-0.2, 0) is 0 Å². The minimum atomic E-state index is 0.280. The van der Waals surface area contributed by atoms with Crippen molar-refractivity contribution in [2.24, 2.45) is 5.41 Å². The van der Waals surface area contributed by atoms with Crippen molar-refractivity contribution in [2.45, 2.75) is 20.3 Å². The Morgan fingerprint density at radius 3 is 2.25 bits per heavy atom. The number of hydrogen-bond acceptors (Lipinski definition) is 1. The molecule has 1 aliphatic rings. The highest BCUT2D eigenvalue weighted by atomic mass is 16.3. The van der Waals surface area contributed by atoms with Crippen LogP contribution in [0, 0.1) is 10.3 Å². The highest BCUT2D eigenvalue weighted by Gasteiger charge is 2.35. The molecule has 0 aromatic carbocycles. The topological polar surface area (TPSA) is 20.1 Å². The Hall–Kier alpha value is -0.400. The zero-order valence-corrected chi connectivity index (χ0v) is 5.48. The van der Waals surface area contributed by atoms with Gasteiger partial charge < -0.3 is 0 Å². The van der Waals surface area contributed by atoms with E-state index in [4.69, 9.17) is 0 Å². The summed E-state index contributed by atoms with van der Waals surface area (Å²) in [6, 6.07) is 0. The highest BCUT2D eigenvalue weighted by molar-refractivity contribution is 4.70. The van der Waals surface area contributed by atoms with Crippen LogP contribution in [-0.4, -0.2) is 17.8 Å². The van der Waals surface area contributed by atoms with Gasteiger partial charge in [-0.15, -0.1) is 0 Å². The first-order valence-corrected chi connectivity index (χ1v) is 3.02. The van der Waals surface area contributed by atoms with Gasteiger partial charge in [-0.3, -0.25) is 0 Å². The number of nitroso groups, excluding NO2 is 1. The normalized spacial score (nSPS) is 26.5. The summed E-state index contributed by atoms with van der Waals surface area (Å²) in [5.74, 6) is 0. The van der Waals surface area contributed by atoms with Gasteiger partial charge in [0.05, 0.1) is 0 Å². The van der Waals surface area contributed by atoms with Gasteiger partial charge in [-0.25, -0.2) is 0 Å². The molecule has 8 heavy (non-hydrogen) atoms. The Morgan fingerprint density at radius 2 is 2.12 bits per heavy atom. The van der Waals surface area contributed by atoms with Crippen molar-refractivity contribution in [3.63, 3.8) is 0 Å². The van der Waals surface area contributed by atoms with Gasteiger partial charge in [0.1, 0.15) is 0 Å². The van der Waals surface area contributed by atoms with Gasteiger partial charge in [0.2, 0.25) is 0 Å². The molecular weight excluding hydrogens is 102 g/mol. The summed E-state index contributed by atoms with van der Waals surface area (Å²) in [7, 11) is 0. The molecule has 0 saturated carbocycles. The van der Waals surface area contributed by atoms with Gasteiger partial charge in [-0.1, -0.05) is 13.8 Å². The van der Waals surface area contributed by atoms with Crippen LogP contribution in [0.1, 0.15) is 20.3 Å². The maximum atomic E-state index is 10.6. The van der Waals surface area contributed by atoms with Gasteiger partial charge in [0, 0.05) is 16.7 Å². The summed E-state index contributed by atoms with van der Waals surface area (Å²) >= 11 is 0. The summed E-state index contributed by atoms with van der Waals surface area (Å²) in [6.07, 6.45) is 1.05. The van der Waals surface area contributed by atoms with E-state index < -0.39 is 0 Å². The first kappa shape index (κ1) is 5.73. The van der Waals surface area contributed by atoms with Crippen LogP contribution < -0.4 is 0 Å². The summed E-state index contributed by atoms with van der Waals surface area (Å²) in [5, 5.41) is 0. The fraction of sp³-hybridized carbons (Fsp3) is 1.00. The largest absolute Gasteiger partial charge is 0.197 e. The minimum absolute atomic E-state index is 0.280. The standard InChI is InChI=1S/C6H12NO/c1-6(2)3-4-7(8)5-6/h3-5H2,1-2H3/q+1. The molecule has 0 atom stereocenters. The third-order valence-electron chi connectivity index (χ3n) is 1.64.